The minimum absolute atomic E-state index is 0.275. The van der Waals surface area contributed by atoms with Crippen LogP contribution in [0.3, 0.4) is 0 Å². The highest BCUT2D eigenvalue weighted by atomic mass is 14.6. The van der Waals surface area contributed by atoms with E-state index in [0.717, 1.165) is 28.9 Å². The smallest absolute Gasteiger partial charge is 0.0352 e. The summed E-state index contributed by atoms with van der Waals surface area (Å²) in [6, 6.07) is 16.0. The Bertz CT molecular complexity index is 460. The Morgan fingerprint density at radius 1 is 0.824 bits per heavy atom. The standard InChI is InChI=1S/C15H18N2/c1-2-11(12-7-3-5-9-14(12)16)13-8-4-6-10-15(13)17/h3-11H,2,16-17H2,1H3. The fourth-order valence-electron chi connectivity index (χ4n) is 2.26. The zero-order chi connectivity index (χ0) is 12.3. The highest BCUT2D eigenvalue weighted by molar-refractivity contribution is 5.57. The number of anilines is 2. The number of para-hydroxylation sites is 2. The first-order chi connectivity index (χ1) is 8.24. The van der Waals surface area contributed by atoms with E-state index in [1.54, 1.807) is 0 Å². The van der Waals surface area contributed by atoms with Crippen molar-refractivity contribution < 1.29 is 0 Å². The summed E-state index contributed by atoms with van der Waals surface area (Å²) in [5.41, 5.74) is 16.1. The summed E-state index contributed by atoms with van der Waals surface area (Å²) in [4.78, 5) is 0. The van der Waals surface area contributed by atoms with Crippen LogP contribution in [0.4, 0.5) is 11.4 Å². The molecular weight excluding hydrogens is 208 g/mol. The molecule has 0 atom stereocenters. The van der Waals surface area contributed by atoms with Gasteiger partial charge in [0.05, 0.1) is 0 Å². The average molecular weight is 226 g/mol. The third-order valence-electron chi connectivity index (χ3n) is 3.15. The summed E-state index contributed by atoms with van der Waals surface area (Å²) < 4.78 is 0. The normalized spacial score (nSPS) is 10.7. The summed E-state index contributed by atoms with van der Waals surface area (Å²) >= 11 is 0. The van der Waals surface area contributed by atoms with Crippen LogP contribution in [0.2, 0.25) is 0 Å². The first kappa shape index (κ1) is 11.5. The topological polar surface area (TPSA) is 52.0 Å². The second-order valence-corrected chi connectivity index (χ2v) is 4.22. The van der Waals surface area contributed by atoms with E-state index in [1.807, 2.05) is 36.4 Å². The Balaban J connectivity index is 2.48. The lowest BCUT2D eigenvalue weighted by atomic mass is 9.87. The number of rotatable bonds is 3. The molecule has 0 heterocycles. The van der Waals surface area contributed by atoms with E-state index >= 15 is 0 Å². The largest absolute Gasteiger partial charge is 0.398 e. The van der Waals surface area contributed by atoms with Gasteiger partial charge in [-0.05, 0) is 29.7 Å². The molecule has 17 heavy (non-hydrogen) atoms. The third kappa shape index (κ3) is 2.26. The van der Waals surface area contributed by atoms with Crippen molar-refractivity contribution in [3.63, 3.8) is 0 Å². The van der Waals surface area contributed by atoms with Crippen molar-refractivity contribution in [3.8, 4) is 0 Å². The Labute approximate surface area is 102 Å². The van der Waals surface area contributed by atoms with E-state index in [0.29, 0.717) is 0 Å². The van der Waals surface area contributed by atoms with Crippen LogP contribution in [0.15, 0.2) is 48.5 Å². The van der Waals surface area contributed by atoms with Crippen molar-refractivity contribution in [1.82, 2.24) is 0 Å². The van der Waals surface area contributed by atoms with Crippen molar-refractivity contribution >= 4 is 11.4 Å². The third-order valence-corrected chi connectivity index (χ3v) is 3.15. The lowest BCUT2D eigenvalue weighted by Gasteiger charge is -2.19. The zero-order valence-electron chi connectivity index (χ0n) is 10.1. The summed E-state index contributed by atoms with van der Waals surface area (Å²) in [5, 5.41) is 0. The molecule has 4 N–H and O–H groups in total. The summed E-state index contributed by atoms with van der Waals surface area (Å²) in [6.45, 7) is 2.16. The highest BCUT2D eigenvalue weighted by Crippen LogP contribution is 2.34. The van der Waals surface area contributed by atoms with E-state index in [4.69, 9.17) is 11.5 Å². The minimum atomic E-state index is 0.275. The van der Waals surface area contributed by atoms with Gasteiger partial charge in [0, 0.05) is 17.3 Å². The maximum Gasteiger partial charge on any atom is 0.0352 e. The SMILES string of the molecule is CCC(c1ccccc1N)c1ccccc1N. The van der Waals surface area contributed by atoms with Gasteiger partial charge >= 0.3 is 0 Å². The molecule has 0 aromatic heterocycles. The second-order valence-electron chi connectivity index (χ2n) is 4.22. The van der Waals surface area contributed by atoms with Gasteiger partial charge in [-0.2, -0.15) is 0 Å². The molecule has 2 nitrogen and oxygen atoms in total. The van der Waals surface area contributed by atoms with Gasteiger partial charge in [-0.25, -0.2) is 0 Å². The summed E-state index contributed by atoms with van der Waals surface area (Å²) in [5.74, 6) is 0.275. The first-order valence-corrected chi connectivity index (χ1v) is 5.92. The summed E-state index contributed by atoms with van der Waals surface area (Å²) in [6.07, 6.45) is 0.989. The average Bonchev–Trinajstić information content (AvgIpc) is 2.34. The van der Waals surface area contributed by atoms with Crippen LogP contribution in [-0.2, 0) is 0 Å². The molecule has 0 spiro atoms. The van der Waals surface area contributed by atoms with Gasteiger partial charge in [-0.3, -0.25) is 0 Å². The van der Waals surface area contributed by atoms with Gasteiger partial charge in [0.15, 0.2) is 0 Å². The molecule has 0 aliphatic heterocycles. The van der Waals surface area contributed by atoms with E-state index in [-0.39, 0.29) is 5.92 Å². The molecular formula is C15H18N2. The van der Waals surface area contributed by atoms with Gasteiger partial charge in [0.25, 0.3) is 0 Å². The molecule has 88 valence electrons. The number of nitrogen functional groups attached to an aromatic ring is 2. The van der Waals surface area contributed by atoms with Gasteiger partial charge in [-0.15, -0.1) is 0 Å². The monoisotopic (exact) mass is 226 g/mol. The van der Waals surface area contributed by atoms with Crippen molar-refractivity contribution in [3.05, 3.63) is 59.7 Å². The Morgan fingerprint density at radius 2 is 1.24 bits per heavy atom. The second kappa shape index (κ2) is 4.91. The van der Waals surface area contributed by atoms with Gasteiger partial charge in [0.2, 0.25) is 0 Å². The quantitative estimate of drug-likeness (QED) is 0.788. The van der Waals surface area contributed by atoms with E-state index < -0.39 is 0 Å². The first-order valence-electron chi connectivity index (χ1n) is 5.92. The molecule has 0 saturated heterocycles. The molecule has 2 rings (SSSR count). The molecule has 0 radical (unpaired) electrons. The van der Waals surface area contributed by atoms with Crippen LogP contribution in [0, 0.1) is 0 Å². The molecule has 0 aliphatic rings. The van der Waals surface area contributed by atoms with Crippen molar-refractivity contribution in [1.29, 1.82) is 0 Å². The van der Waals surface area contributed by atoms with Crippen LogP contribution >= 0.6 is 0 Å². The molecule has 2 aromatic carbocycles. The van der Waals surface area contributed by atoms with E-state index in [2.05, 4.69) is 19.1 Å². The molecule has 0 fully saturated rings. The van der Waals surface area contributed by atoms with E-state index in [9.17, 15) is 0 Å². The molecule has 0 bridgehead atoms. The van der Waals surface area contributed by atoms with E-state index in [1.165, 1.54) is 0 Å². The Hall–Kier alpha value is -1.96. The molecule has 0 saturated carbocycles. The number of nitrogens with two attached hydrogens (primary N) is 2. The lowest BCUT2D eigenvalue weighted by Crippen LogP contribution is -2.06. The van der Waals surface area contributed by atoms with Gasteiger partial charge < -0.3 is 11.5 Å². The van der Waals surface area contributed by atoms with Gasteiger partial charge in [0.1, 0.15) is 0 Å². The number of hydrogen-bond acceptors (Lipinski definition) is 2. The molecule has 0 aliphatic carbocycles. The van der Waals surface area contributed by atoms with Crippen molar-refractivity contribution in [2.24, 2.45) is 0 Å². The predicted octanol–water partition coefficient (Wildman–Crippen LogP) is 3.39. The maximum atomic E-state index is 6.04. The maximum absolute atomic E-state index is 6.04. The van der Waals surface area contributed by atoms with Crippen molar-refractivity contribution in [2.45, 2.75) is 19.3 Å². The molecule has 0 unspecified atom stereocenters. The Kier molecular flexibility index (Phi) is 3.33. The van der Waals surface area contributed by atoms with Crippen LogP contribution in [0.5, 0.6) is 0 Å². The fourth-order valence-corrected chi connectivity index (χ4v) is 2.26. The summed E-state index contributed by atoms with van der Waals surface area (Å²) in [7, 11) is 0. The van der Waals surface area contributed by atoms with Crippen LogP contribution < -0.4 is 11.5 Å². The highest BCUT2D eigenvalue weighted by Gasteiger charge is 2.16. The van der Waals surface area contributed by atoms with Crippen LogP contribution in [0.1, 0.15) is 30.4 Å². The number of benzene rings is 2. The minimum Gasteiger partial charge on any atom is -0.398 e. The molecule has 2 aromatic rings. The predicted molar refractivity (Wildman–Crippen MR) is 73.8 cm³/mol. The van der Waals surface area contributed by atoms with Crippen LogP contribution in [-0.4, -0.2) is 0 Å². The molecule has 0 amide bonds. The van der Waals surface area contributed by atoms with Gasteiger partial charge in [-0.1, -0.05) is 43.3 Å². The molecule has 2 heteroatoms. The fraction of sp³-hybridized carbons (Fsp3) is 0.200. The number of hydrogen-bond donors (Lipinski definition) is 2. The van der Waals surface area contributed by atoms with Crippen molar-refractivity contribution in [2.75, 3.05) is 11.5 Å². The zero-order valence-corrected chi connectivity index (χ0v) is 10.1. The lowest BCUT2D eigenvalue weighted by molar-refractivity contribution is 0.782. The Morgan fingerprint density at radius 3 is 1.59 bits per heavy atom. The van der Waals surface area contributed by atoms with Crippen LogP contribution in [0.25, 0.3) is 0 Å².